The summed E-state index contributed by atoms with van der Waals surface area (Å²) in [6.07, 6.45) is 6.40. The van der Waals surface area contributed by atoms with E-state index in [-0.39, 0.29) is 5.54 Å². The maximum atomic E-state index is 4.26. The lowest BCUT2D eigenvalue weighted by molar-refractivity contribution is 0.422. The monoisotopic (exact) mass is 209 g/mol. The van der Waals surface area contributed by atoms with Gasteiger partial charge in [0, 0.05) is 18.3 Å². The first-order valence-electron chi connectivity index (χ1n) is 5.77. The smallest absolute Gasteiger partial charge is 0.0521 e. The standard InChI is InChI=1S/C12H23N3/c1-5-15-10-11(9-14-15)7-6-8-13-12(2,3)4/h9-10,13H,5-8H2,1-4H3. The SMILES string of the molecule is CCn1cc(CCCNC(C)(C)C)cn1. The molecule has 0 atom stereocenters. The van der Waals surface area contributed by atoms with Crippen molar-refractivity contribution in [2.45, 2.75) is 52.6 Å². The van der Waals surface area contributed by atoms with Crippen molar-refractivity contribution in [1.82, 2.24) is 15.1 Å². The summed E-state index contributed by atoms with van der Waals surface area (Å²) >= 11 is 0. The maximum Gasteiger partial charge on any atom is 0.0521 e. The van der Waals surface area contributed by atoms with Gasteiger partial charge in [0.15, 0.2) is 0 Å². The van der Waals surface area contributed by atoms with Crippen LogP contribution in [0, 0.1) is 0 Å². The van der Waals surface area contributed by atoms with Crippen LogP contribution in [0.15, 0.2) is 12.4 Å². The van der Waals surface area contributed by atoms with Crippen LogP contribution >= 0.6 is 0 Å². The van der Waals surface area contributed by atoms with Gasteiger partial charge in [-0.25, -0.2) is 0 Å². The summed E-state index contributed by atoms with van der Waals surface area (Å²) in [5, 5.41) is 7.74. The van der Waals surface area contributed by atoms with E-state index in [1.165, 1.54) is 12.0 Å². The number of nitrogens with zero attached hydrogens (tertiary/aromatic N) is 2. The van der Waals surface area contributed by atoms with Gasteiger partial charge in [0.05, 0.1) is 6.20 Å². The van der Waals surface area contributed by atoms with Gasteiger partial charge in [0.25, 0.3) is 0 Å². The first-order valence-corrected chi connectivity index (χ1v) is 5.77. The van der Waals surface area contributed by atoms with E-state index in [9.17, 15) is 0 Å². The first kappa shape index (κ1) is 12.2. The number of aryl methyl sites for hydroxylation is 2. The molecule has 0 bridgehead atoms. The molecule has 1 aromatic heterocycles. The Morgan fingerprint density at radius 1 is 1.40 bits per heavy atom. The molecular weight excluding hydrogens is 186 g/mol. The van der Waals surface area contributed by atoms with Gasteiger partial charge in [0.1, 0.15) is 0 Å². The normalized spacial score (nSPS) is 12.0. The van der Waals surface area contributed by atoms with Crippen LogP contribution in [0.5, 0.6) is 0 Å². The molecule has 1 rings (SSSR count). The molecule has 1 aromatic rings. The van der Waals surface area contributed by atoms with E-state index in [1.54, 1.807) is 0 Å². The minimum Gasteiger partial charge on any atom is -0.312 e. The predicted octanol–water partition coefficient (Wildman–Crippen LogP) is 2.22. The summed E-state index contributed by atoms with van der Waals surface area (Å²) in [7, 11) is 0. The Hall–Kier alpha value is -0.830. The van der Waals surface area contributed by atoms with Crippen LogP contribution in [-0.2, 0) is 13.0 Å². The summed E-state index contributed by atoms with van der Waals surface area (Å²) in [6.45, 7) is 10.7. The molecule has 1 N–H and O–H groups in total. The van der Waals surface area contributed by atoms with Gasteiger partial charge in [-0.2, -0.15) is 5.10 Å². The second-order valence-electron chi connectivity index (χ2n) is 4.98. The van der Waals surface area contributed by atoms with Crippen LogP contribution in [0.25, 0.3) is 0 Å². The molecule has 3 heteroatoms. The fourth-order valence-corrected chi connectivity index (χ4v) is 1.46. The minimum atomic E-state index is 0.230. The van der Waals surface area contributed by atoms with E-state index in [0.717, 1.165) is 19.5 Å². The van der Waals surface area contributed by atoms with E-state index in [4.69, 9.17) is 0 Å². The van der Waals surface area contributed by atoms with Gasteiger partial charge in [-0.1, -0.05) is 0 Å². The van der Waals surface area contributed by atoms with E-state index in [0.29, 0.717) is 0 Å². The predicted molar refractivity (Wildman–Crippen MR) is 64.0 cm³/mol. The van der Waals surface area contributed by atoms with E-state index in [1.807, 2.05) is 10.9 Å². The van der Waals surface area contributed by atoms with Gasteiger partial charge in [-0.05, 0) is 52.6 Å². The van der Waals surface area contributed by atoms with Crippen molar-refractivity contribution in [3.05, 3.63) is 18.0 Å². The molecule has 0 amide bonds. The maximum absolute atomic E-state index is 4.26. The Bertz CT molecular complexity index is 283. The number of nitrogens with one attached hydrogen (secondary N) is 1. The lowest BCUT2D eigenvalue weighted by atomic mass is 10.1. The molecule has 3 nitrogen and oxygen atoms in total. The zero-order valence-electron chi connectivity index (χ0n) is 10.4. The van der Waals surface area contributed by atoms with Gasteiger partial charge in [-0.15, -0.1) is 0 Å². The molecule has 0 aliphatic carbocycles. The second-order valence-corrected chi connectivity index (χ2v) is 4.98. The molecule has 0 aliphatic heterocycles. The van der Waals surface area contributed by atoms with Crippen LogP contribution in [0.1, 0.15) is 39.7 Å². The summed E-state index contributed by atoms with van der Waals surface area (Å²) in [6, 6.07) is 0. The third kappa shape index (κ3) is 4.98. The Balaban J connectivity index is 2.20. The van der Waals surface area contributed by atoms with Crippen molar-refractivity contribution in [3.63, 3.8) is 0 Å². The van der Waals surface area contributed by atoms with Gasteiger partial charge < -0.3 is 5.32 Å². The lowest BCUT2D eigenvalue weighted by Crippen LogP contribution is -2.36. The summed E-state index contributed by atoms with van der Waals surface area (Å²) in [5.41, 5.74) is 1.57. The zero-order chi connectivity index (χ0) is 11.3. The highest BCUT2D eigenvalue weighted by Crippen LogP contribution is 2.03. The Morgan fingerprint density at radius 2 is 2.13 bits per heavy atom. The number of rotatable bonds is 5. The van der Waals surface area contributed by atoms with E-state index < -0.39 is 0 Å². The summed E-state index contributed by atoms with van der Waals surface area (Å²) < 4.78 is 1.98. The van der Waals surface area contributed by atoms with Crippen molar-refractivity contribution in [3.8, 4) is 0 Å². The first-order chi connectivity index (χ1) is 7.01. The Morgan fingerprint density at radius 3 is 2.67 bits per heavy atom. The van der Waals surface area contributed by atoms with Crippen LogP contribution in [0.2, 0.25) is 0 Å². The molecule has 15 heavy (non-hydrogen) atoms. The number of aromatic nitrogens is 2. The second kappa shape index (κ2) is 5.31. The molecule has 0 radical (unpaired) electrons. The highest BCUT2D eigenvalue weighted by molar-refractivity contribution is 5.03. The van der Waals surface area contributed by atoms with Crippen molar-refractivity contribution < 1.29 is 0 Å². The highest BCUT2D eigenvalue weighted by atomic mass is 15.3. The molecule has 86 valence electrons. The molecule has 0 aromatic carbocycles. The molecule has 0 aliphatic rings. The minimum absolute atomic E-state index is 0.230. The quantitative estimate of drug-likeness (QED) is 0.754. The fraction of sp³-hybridized carbons (Fsp3) is 0.750. The van der Waals surface area contributed by atoms with Gasteiger partial charge in [-0.3, -0.25) is 4.68 Å². The van der Waals surface area contributed by atoms with Crippen LogP contribution < -0.4 is 5.32 Å². The van der Waals surface area contributed by atoms with Crippen LogP contribution in [-0.4, -0.2) is 21.9 Å². The van der Waals surface area contributed by atoms with E-state index in [2.05, 4.69) is 44.3 Å². The van der Waals surface area contributed by atoms with Crippen LogP contribution in [0.3, 0.4) is 0 Å². The lowest BCUT2D eigenvalue weighted by Gasteiger charge is -2.20. The van der Waals surface area contributed by atoms with Crippen molar-refractivity contribution in [1.29, 1.82) is 0 Å². The molecule has 0 spiro atoms. The topological polar surface area (TPSA) is 29.9 Å². The third-order valence-corrected chi connectivity index (χ3v) is 2.31. The Labute approximate surface area is 92.9 Å². The average Bonchev–Trinajstić information content (AvgIpc) is 2.59. The molecule has 0 saturated heterocycles. The van der Waals surface area contributed by atoms with Gasteiger partial charge in [0.2, 0.25) is 0 Å². The average molecular weight is 209 g/mol. The molecule has 0 unspecified atom stereocenters. The van der Waals surface area contributed by atoms with Crippen molar-refractivity contribution >= 4 is 0 Å². The molecule has 0 fully saturated rings. The largest absolute Gasteiger partial charge is 0.312 e. The summed E-state index contributed by atoms with van der Waals surface area (Å²) in [5.74, 6) is 0. The molecular formula is C12H23N3. The zero-order valence-corrected chi connectivity index (χ0v) is 10.4. The number of hydrogen-bond acceptors (Lipinski definition) is 2. The third-order valence-electron chi connectivity index (χ3n) is 2.31. The van der Waals surface area contributed by atoms with Gasteiger partial charge >= 0.3 is 0 Å². The van der Waals surface area contributed by atoms with E-state index >= 15 is 0 Å². The Kier molecular flexibility index (Phi) is 4.33. The molecule has 1 heterocycles. The van der Waals surface area contributed by atoms with Crippen LogP contribution in [0.4, 0.5) is 0 Å². The molecule has 0 saturated carbocycles. The van der Waals surface area contributed by atoms with Crippen molar-refractivity contribution in [2.24, 2.45) is 0 Å². The summed E-state index contributed by atoms with van der Waals surface area (Å²) in [4.78, 5) is 0. The highest BCUT2D eigenvalue weighted by Gasteiger charge is 2.07. The number of hydrogen-bond donors (Lipinski definition) is 1. The van der Waals surface area contributed by atoms with Crippen molar-refractivity contribution in [2.75, 3.05) is 6.54 Å². The fourth-order valence-electron chi connectivity index (χ4n) is 1.46.